The van der Waals surface area contributed by atoms with E-state index in [0.29, 0.717) is 24.6 Å². The van der Waals surface area contributed by atoms with Gasteiger partial charge in [0.15, 0.2) is 11.5 Å². The van der Waals surface area contributed by atoms with Crippen molar-refractivity contribution < 1.29 is 19.4 Å². The van der Waals surface area contributed by atoms with E-state index in [1.165, 1.54) is 4.90 Å². The van der Waals surface area contributed by atoms with E-state index in [2.05, 4.69) is 0 Å². The van der Waals surface area contributed by atoms with Gasteiger partial charge in [0.05, 0.1) is 27.3 Å². The molecule has 3 rings (SSSR count). The van der Waals surface area contributed by atoms with E-state index in [1.807, 2.05) is 23.6 Å². The molecule has 1 aromatic carbocycles. The Morgan fingerprint density at radius 3 is 2.67 bits per heavy atom. The molecule has 21 heavy (non-hydrogen) atoms. The maximum Gasteiger partial charge on any atom is 0.407 e. The highest BCUT2D eigenvalue weighted by atomic mass is 32.1. The van der Waals surface area contributed by atoms with E-state index in [-0.39, 0.29) is 0 Å². The number of nitrogens with zero attached hydrogens (tertiary/aromatic N) is 1. The first-order chi connectivity index (χ1) is 10.1. The normalized spacial score (nSPS) is 13.1. The van der Waals surface area contributed by atoms with Crippen LogP contribution in [0.5, 0.6) is 11.5 Å². The van der Waals surface area contributed by atoms with Crippen LogP contribution in [0.1, 0.15) is 11.1 Å². The van der Waals surface area contributed by atoms with Crippen LogP contribution < -0.4 is 9.47 Å². The lowest BCUT2D eigenvalue weighted by atomic mass is 10.1. The maximum atomic E-state index is 11.1. The molecule has 1 N–H and O–H groups in total. The topological polar surface area (TPSA) is 59.0 Å². The smallest absolute Gasteiger partial charge is 0.407 e. The van der Waals surface area contributed by atoms with Gasteiger partial charge in [-0.05, 0) is 40.3 Å². The van der Waals surface area contributed by atoms with Crippen LogP contribution in [0.15, 0.2) is 23.6 Å². The van der Waals surface area contributed by atoms with Crippen molar-refractivity contribution >= 4 is 17.4 Å². The molecule has 0 atom stereocenters. The average molecular weight is 305 g/mol. The molecule has 2 aromatic rings. The predicted octanol–water partition coefficient (Wildman–Crippen LogP) is 3.43. The maximum absolute atomic E-state index is 11.1. The van der Waals surface area contributed by atoms with E-state index in [0.717, 1.165) is 21.6 Å². The summed E-state index contributed by atoms with van der Waals surface area (Å²) >= 11 is 1.64. The summed E-state index contributed by atoms with van der Waals surface area (Å²) in [5, 5.41) is 11.1. The molecule has 0 spiro atoms. The lowest BCUT2D eigenvalue weighted by molar-refractivity contribution is 0.145. The van der Waals surface area contributed by atoms with E-state index in [4.69, 9.17) is 14.6 Å². The SMILES string of the molecule is COc1ccc(-c2scc3c2CN(C(=O)O)C3)cc1OC. The summed E-state index contributed by atoms with van der Waals surface area (Å²) in [6, 6.07) is 5.76. The van der Waals surface area contributed by atoms with Gasteiger partial charge in [0.2, 0.25) is 0 Å². The highest BCUT2D eigenvalue weighted by molar-refractivity contribution is 7.14. The highest BCUT2D eigenvalue weighted by Crippen LogP contribution is 2.40. The molecule has 0 radical (unpaired) electrons. The molecule has 0 aliphatic carbocycles. The number of amides is 1. The van der Waals surface area contributed by atoms with Gasteiger partial charge in [0.25, 0.3) is 0 Å². The third-order valence-electron chi connectivity index (χ3n) is 3.61. The minimum atomic E-state index is -0.880. The number of hydrogen-bond acceptors (Lipinski definition) is 4. The predicted molar refractivity (Wildman–Crippen MR) is 80.1 cm³/mol. The fourth-order valence-corrected chi connectivity index (χ4v) is 3.61. The van der Waals surface area contributed by atoms with E-state index in [1.54, 1.807) is 25.6 Å². The van der Waals surface area contributed by atoms with Crippen molar-refractivity contribution in [1.29, 1.82) is 0 Å². The zero-order chi connectivity index (χ0) is 15.0. The first-order valence-electron chi connectivity index (χ1n) is 6.43. The summed E-state index contributed by atoms with van der Waals surface area (Å²) in [4.78, 5) is 13.6. The number of ether oxygens (including phenoxy) is 2. The number of fused-ring (bicyclic) bond motifs is 1. The summed E-state index contributed by atoms with van der Waals surface area (Å²) in [6.45, 7) is 0.909. The lowest BCUT2D eigenvalue weighted by Gasteiger charge is -2.11. The van der Waals surface area contributed by atoms with Gasteiger partial charge in [-0.1, -0.05) is 0 Å². The molecule has 110 valence electrons. The molecule has 0 bridgehead atoms. The number of methoxy groups -OCH3 is 2. The Morgan fingerprint density at radius 2 is 2.00 bits per heavy atom. The third kappa shape index (κ3) is 2.31. The molecule has 6 heteroatoms. The Kier molecular flexibility index (Phi) is 3.47. The third-order valence-corrected chi connectivity index (χ3v) is 4.73. The number of hydrogen-bond donors (Lipinski definition) is 1. The minimum Gasteiger partial charge on any atom is -0.493 e. The van der Waals surface area contributed by atoms with Crippen molar-refractivity contribution in [3.63, 3.8) is 0 Å². The number of carbonyl (C=O) groups is 1. The molecule has 1 amide bonds. The second-order valence-corrected chi connectivity index (χ2v) is 5.66. The molecule has 0 saturated carbocycles. The summed E-state index contributed by atoms with van der Waals surface area (Å²) in [5.74, 6) is 1.35. The standard InChI is InChI=1S/C15H15NO4S/c1-19-12-4-3-9(5-13(12)20-2)14-11-7-16(15(17)18)6-10(11)8-21-14/h3-5,8H,6-7H2,1-2H3,(H,17,18). The van der Waals surface area contributed by atoms with Gasteiger partial charge in [-0.3, -0.25) is 4.90 Å². The van der Waals surface area contributed by atoms with Crippen LogP contribution in [0.4, 0.5) is 4.79 Å². The van der Waals surface area contributed by atoms with Crippen molar-refractivity contribution in [3.8, 4) is 21.9 Å². The van der Waals surface area contributed by atoms with Gasteiger partial charge in [-0.25, -0.2) is 4.79 Å². The number of carboxylic acid groups (broad SMARTS) is 1. The average Bonchev–Trinajstić information content (AvgIpc) is 3.06. The fourth-order valence-electron chi connectivity index (χ4n) is 2.53. The second-order valence-electron chi connectivity index (χ2n) is 4.78. The summed E-state index contributed by atoms with van der Waals surface area (Å²) in [6.07, 6.45) is -0.880. The Morgan fingerprint density at radius 1 is 1.24 bits per heavy atom. The largest absolute Gasteiger partial charge is 0.493 e. The van der Waals surface area contributed by atoms with Gasteiger partial charge in [0.1, 0.15) is 0 Å². The Bertz CT molecular complexity index is 695. The molecule has 1 aliphatic rings. The zero-order valence-corrected chi connectivity index (χ0v) is 12.6. The molecule has 1 aromatic heterocycles. The van der Waals surface area contributed by atoms with Crippen molar-refractivity contribution in [1.82, 2.24) is 4.90 Å². The molecule has 0 unspecified atom stereocenters. The van der Waals surface area contributed by atoms with Crippen molar-refractivity contribution in [2.45, 2.75) is 13.1 Å². The lowest BCUT2D eigenvalue weighted by Crippen LogP contribution is -2.22. The molecule has 2 heterocycles. The van der Waals surface area contributed by atoms with Crippen LogP contribution in [0.3, 0.4) is 0 Å². The number of rotatable bonds is 3. The van der Waals surface area contributed by atoms with Gasteiger partial charge < -0.3 is 14.6 Å². The van der Waals surface area contributed by atoms with Crippen LogP contribution in [0, 0.1) is 0 Å². The summed E-state index contributed by atoms with van der Waals surface area (Å²) < 4.78 is 10.6. The van der Waals surface area contributed by atoms with Crippen LogP contribution in [-0.4, -0.2) is 30.3 Å². The molecule has 0 saturated heterocycles. The highest BCUT2D eigenvalue weighted by Gasteiger charge is 2.27. The number of thiophene rings is 1. The van der Waals surface area contributed by atoms with Crippen molar-refractivity contribution in [3.05, 3.63) is 34.7 Å². The summed E-state index contributed by atoms with van der Waals surface area (Å²) in [5.41, 5.74) is 3.20. The second kappa shape index (κ2) is 5.29. The fraction of sp³-hybridized carbons (Fsp3) is 0.267. The monoisotopic (exact) mass is 305 g/mol. The molecular formula is C15H15NO4S. The van der Waals surface area contributed by atoms with Gasteiger partial charge >= 0.3 is 6.09 Å². The quantitative estimate of drug-likeness (QED) is 0.944. The van der Waals surface area contributed by atoms with Crippen LogP contribution in [0.2, 0.25) is 0 Å². The zero-order valence-electron chi connectivity index (χ0n) is 11.8. The first-order valence-corrected chi connectivity index (χ1v) is 7.31. The number of benzene rings is 1. The Balaban J connectivity index is 1.99. The molecule has 0 fully saturated rings. The van der Waals surface area contributed by atoms with Crippen LogP contribution in [0.25, 0.3) is 10.4 Å². The van der Waals surface area contributed by atoms with Gasteiger partial charge in [0, 0.05) is 4.88 Å². The van der Waals surface area contributed by atoms with E-state index < -0.39 is 6.09 Å². The van der Waals surface area contributed by atoms with E-state index in [9.17, 15) is 4.79 Å². The molecule has 5 nitrogen and oxygen atoms in total. The van der Waals surface area contributed by atoms with Gasteiger partial charge in [-0.15, -0.1) is 11.3 Å². The summed E-state index contributed by atoms with van der Waals surface area (Å²) in [7, 11) is 3.21. The van der Waals surface area contributed by atoms with E-state index >= 15 is 0 Å². The van der Waals surface area contributed by atoms with Crippen molar-refractivity contribution in [2.24, 2.45) is 0 Å². The minimum absolute atomic E-state index is 0.442. The Hall–Kier alpha value is -2.21. The van der Waals surface area contributed by atoms with Crippen LogP contribution >= 0.6 is 11.3 Å². The van der Waals surface area contributed by atoms with Crippen molar-refractivity contribution in [2.75, 3.05) is 14.2 Å². The van der Waals surface area contributed by atoms with Gasteiger partial charge in [-0.2, -0.15) is 0 Å². The Labute approximate surface area is 126 Å². The molecular weight excluding hydrogens is 290 g/mol. The molecule has 1 aliphatic heterocycles. The van der Waals surface area contributed by atoms with Crippen LogP contribution in [-0.2, 0) is 13.1 Å². The first kappa shape index (κ1) is 13.8.